The van der Waals surface area contributed by atoms with Crippen molar-refractivity contribution in [1.82, 2.24) is 5.32 Å². The minimum absolute atomic E-state index is 0.0748. The van der Waals surface area contributed by atoms with E-state index >= 15 is 0 Å². The lowest BCUT2D eigenvalue weighted by Gasteiger charge is -2.11. The molecule has 114 valence electrons. The van der Waals surface area contributed by atoms with Gasteiger partial charge in [0.2, 0.25) is 5.91 Å². The molecule has 1 fully saturated rings. The smallest absolute Gasteiger partial charge is 0.337 e. The van der Waals surface area contributed by atoms with Gasteiger partial charge in [0.1, 0.15) is 0 Å². The summed E-state index contributed by atoms with van der Waals surface area (Å²) in [6, 6.07) is 7.92. The van der Waals surface area contributed by atoms with Gasteiger partial charge in [0.15, 0.2) is 0 Å². The molecule has 1 unspecified atom stereocenters. The largest absolute Gasteiger partial charge is 0.478 e. The second-order valence-electron chi connectivity index (χ2n) is 5.55. The molecule has 0 bridgehead atoms. The topological polar surface area (TPSA) is 66.4 Å². The Morgan fingerprint density at radius 3 is 2.45 bits per heavy atom. The third-order valence-corrected chi connectivity index (χ3v) is 5.09. The summed E-state index contributed by atoms with van der Waals surface area (Å²) in [5.74, 6) is -0.796. The lowest BCUT2D eigenvalue weighted by molar-refractivity contribution is -0.119. The van der Waals surface area contributed by atoms with Crippen LogP contribution in [-0.4, -0.2) is 17.0 Å². The third-order valence-electron chi connectivity index (χ3n) is 4.07. The summed E-state index contributed by atoms with van der Waals surface area (Å²) >= 11 is 1.51. The molecular formula is C17H17NO3S. The zero-order chi connectivity index (χ0) is 15.9. The van der Waals surface area contributed by atoms with Crippen molar-refractivity contribution in [2.24, 2.45) is 0 Å². The molecule has 0 aliphatic carbocycles. The molecule has 1 atom stereocenters. The van der Waals surface area contributed by atoms with E-state index in [1.54, 1.807) is 0 Å². The van der Waals surface area contributed by atoms with Gasteiger partial charge in [0, 0.05) is 21.7 Å². The Labute approximate surface area is 132 Å². The Morgan fingerprint density at radius 1 is 1.23 bits per heavy atom. The minimum atomic E-state index is -0.885. The summed E-state index contributed by atoms with van der Waals surface area (Å²) in [7, 11) is 0. The highest BCUT2D eigenvalue weighted by atomic mass is 32.1. The van der Waals surface area contributed by atoms with Gasteiger partial charge in [-0.2, -0.15) is 0 Å². The Balaban J connectivity index is 1.97. The predicted molar refractivity (Wildman–Crippen MR) is 86.3 cm³/mol. The average molecular weight is 315 g/mol. The summed E-state index contributed by atoms with van der Waals surface area (Å²) < 4.78 is 0. The van der Waals surface area contributed by atoms with E-state index in [0.29, 0.717) is 12.0 Å². The van der Waals surface area contributed by atoms with Gasteiger partial charge in [0.25, 0.3) is 0 Å². The van der Waals surface area contributed by atoms with Gasteiger partial charge in [-0.3, -0.25) is 4.79 Å². The quantitative estimate of drug-likeness (QED) is 0.908. The Kier molecular flexibility index (Phi) is 3.74. The second-order valence-corrected chi connectivity index (χ2v) is 6.98. The molecule has 1 aromatic carbocycles. The number of nitrogens with one attached hydrogen (secondary N) is 1. The predicted octanol–water partition coefficient (Wildman–Crippen LogP) is 3.68. The third kappa shape index (κ3) is 2.52. The molecule has 2 heterocycles. The molecule has 2 N–H and O–H groups in total. The van der Waals surface area contributed by atoms with E-state index in [4.69, 9.17) is 0 Å². The van der Waals surface area contributed by atoms with Crippen LogP contribution in [0.3, 0.4) is 0 Å². The molecule has 1 aliphatic heterocycles. The Morgan fingerprint density at radius 2 is 1.91 bits per heavy atom. The highest BCUT2D eigenvalue weighted by molar-refractivity contribution is 7.12. The van der Waals surface area contributed by atoms with Crippen LogP contribution in [0.25, 0.3) is 11.1 Å². The van der Waals surface area contributed by atoms with Gasteiger partial charge < -0.3 is 10.4 Å². The average Bonchev–Trinajstić information content (AvgIpc) is 3.02. The molecule has 3 rings (SSSR count). The molecule has 4 nitrogen and oxygen atoms in total. The molecule has 1 aliphatic rings. The van der Waals surface area contributed by atoms with Crippen LogP contribution in [0.15, 0.2) is 24.3 Å². The van der Waals surface area contributed by atoms with Crippen LogP contribution in [0.2, 0.25) is 0 Å². The summed E-state index contributed by atoms with van der Waals surface area (Å²) in [6.45, 7) is 3.79. The number of amides is 1. The number of hydrogen-bond acceptors (Lipinski definition) is 3. The number of thiophene rings is 1. The fraction of sp³-hybridized carbons (Fsp3) is 0.294. The van der Waals surface area contributed by atoms with E-state index in [0.717, 1.165) is 32.9 Å². The first-order valence-electron chi connectivity index (χ1n) is 7.20. The van der Waals surface area contributed by atoms with Crippen molar-refractivity contribution in [2.45, 2.75) is 32.7 Å². The SMILES string of the molecule is Cc1sc(C)c(-c2ccc(C3CCC(=O)N3)cc2)c1C(=O)O. The van der Waals surface area contributed by atoms with Gasteiger partial charge in [-0.05, 0) is 31.4 Å². The van der Waals surface area contributed by atoms with Crippen molar-refractivity contribution in [2.75, 3.05) is 0 Å². The summed E-state index contributed by atoms with van der Waals surface area (Å²) in [4.78, 5) is 24.6. The number of aryl methyl sites for hydroxylation is 2. The lowest BCUT2D eigenvalue weighted by Crippen LogP contribution is -2.18. The molecule has 22 heavy (non-hydrogen) atoms. The monoisotopic (exact) mass is 315 g/mol. The van der Waals surface area contributed by atoms with Gasteiger partial charge in [-0.1, -0.05) is 24.3 Å². The number of aromatic carboxylic acids is 1. The first-order chi connectivity index (χ1) is 10.5. The molecule has 0 saturated carbocycles. The molecule has 1 saturated heterocycles. The molecule has 2 aromatic rings. The van der Waals surface area contributed by atoms with Crippen LogP contribution in [0.1, 0.15) is 44.6 Å². The van der Waals surface area contributed by atoms with Crippen molar-refractivity contribution < 1.29 is 14.7 Å². The Hall–Kier alpha value is -2.14. The van der Waals surface area contributed by atoms with Gasteiger partial charge in [-0.15, -0.1) is 11.3 Å². The van der Waals surface area contributed by atoms with Gasteiger partial charge in [-0.25, -0.2) is 4.79 Å². The number of rotatable bonds is 3. The molecule has 0 spiro atoms. The maximum atomic E-state index is 11.5. The maximum absolute atomic E-state index is 11.5. The first kappa shape index (κ1) is 14.8. The van der Waals surface area contributed by atoms with E-state index in [1.165, 1.54) is 11.3 Å². The number of carbonyl (C=O) groups is 2. The van der Waals surface area contributed by atoms with Crippen molar-refractivity contribution in [1.29, 1.82) is 0 Å². The highest BCUT2D eigenvalue weighted by Gasteiger charge is 2.23. The normalized spacial score (nSPS) is 17.5. The van der Waals surface area contributed by atoms with E-state index in [2.05, 4.69) is 5.32 Å². The van der Waals surface area contributed by atoms with Crippen molar-refractivity contribution in [3.63, 3.8) is 0 Å². The van der Waals surface area contributed by atoms with Crippen molar-refractivity contribution >= 4 is 23.2 Å². The van der Waals surface area contributed by atoms with Gasteiger partial charge in [0.05, 0.1) is 11.6 Å². The summed E-state index contributed by atoms with van der Waals surface area (Å²) in [6.07, 6.45) is 1.38. The number of carbonyl (C=O) groups excluding carboxylic acids is 1. The maximum Gasteiger partial charge on any atom is 0.337 e. The fourth-order valence-corrected chi connectivity index (χ4v) is 4.11. The van der Waals surface area contributed by atoms with Crippen molar-refractivity contribution in [3.8, 4) is 11.1 Å². The van der Waals surface area contributed by atoms with Crippen LogP contribution < -0.4 is 5.32 Å². The van der Waals surface area contributed by atoms with Crippen LogP contribution >= 0.6 is 11.3 Å². The summed E-state index contributed by atoms with van der Waals surface area (Å²) in [5, 5.41) is 12.4. The zero-order valence-corrected chi connectivity index (χ0v) is 13.3. The fourth-order valence-electron chi connectivity index (χ4n) is 3.04. The molecule has 1 aromatic heterocycles. The van der Waals surface area contributed by atoms with E-state index < -0.39 is 5.97 Å². The van der Waals surface area contributed by atoms with Crippen LogP contribution in [0, 0.1) is 13.8 Å². The molecule has 1 amide bonds. The van der Waals surface area contributed by atoms with E-state index in [1.807, 2.05) is 38.1 Å². The van der Waals surface area contributed by atoms with E-state index in [-0.39, 0.29) is 11.9 Å². The molecule has 0 radical (unpaired) electrons. The minimum Gasteiger partial charge on any atom is -0.478 e. The number of carboxylic acids is 1. The number of benzene rings is 1. The molecular weight excluding hydrogens is 298 g/mol. The summed E-state index contributed by atoms with van der Waals surface area (Å²) in [5.41, 5.74) is 3.17. The van der Waals surface area contributed by atoms with Crippen LogP contribution in [-0.2, 0) is 4.79 Å². The Bertz CT molecular complexity index is 746. The van der Waals surface area contributed by atoms with Gasteiger partial charge >= 0.3 is 5.97 Å². The van der Waals surface area contributed by atoms with Crippen molar-refractivity contribution in [3.05, 3.63) is 45.1 Å². The number of hydrogen-bond donors (Lipinski definition) is 2. The molecule has 5 heteroatoms. The van der Waals surface area contributed by atoms with Crippen LogP contribution in [0.5, 0.6) is 0 Å². The van der Waals surface area contributed by atoms with Crippen LogP contribution in [0.4, 0.5) is 0 Å². The lowest BCUT2D eigenvalue weighted by atomic mass is 9.97. The number of carboxylic acid groups (broad SMARTS) is 1. The highest BCUT2D eigenvalue weighted by Crippen LogP contribution is 2.36. The zero-order valence-electron chi connectivity index (χ0n) is 12.5. The first-order valence-corrected chi connectivity index (χ1v) is 8.02. The van der Waals surface area contributed by atoms with E-state index in [9.17, 15) is 14.7 Å². The second kappa shape index (κ2) is 5.57. The standard InChI is InChI=1S/C17H17NO3S/c1-9-15(16(17(20)21)10(2)22-9)12-5-3-11(4-6-12)13-7-8-14(19)18-13/h3-6,13H,7-8H2,1-2H3,(H,18,19)(H,20,21).